The molecule has 1 amide bonds. The Labute approximate surface area is 145 Å². The quantitative estimate of drug-likeness (QED) is 0.868. The Balaban J connectivity index is 1.61. The first-order valence-electron chi connectivity index (χ1n) is 8.64. The second kappa shape index (κ2) is 7.65. The van der Waals surface area contributed by atoms with E-state index in [4.69, 9.17) is 4.74 Å². The van der Waals surface area contributed by atoms with Crippen LogP contribution >= 0.6 is 0 Å². The van der Waals surface area contributed by atoms with E-state index in [0.717, 1.165) is 19.3 Å². The van der Waals surface area contributed by atoms with E-state index in [1.54, 1.807) is 31.2 Å². The first kappa shape index (κ1) is 17.4. The van der Waals surface area contributed by atoms with Gasteiger partial charge in [-0.25, -0.2) is 4.79 Å². The largest absolute Gasteiger partial charge is 0.439 e. The van der Waals surface area contributed by atoms with Crippen LogP contribution in [0.25, 0.3) is 11.4 Å². The molecule has 7 heteroatoms. The zero-order chi connectivity index (χ0) is 17.8. The highest BCUT2D eigenvalue weighted by Gasteiger charge is 2.24. The smallest absolute Gasteiger partial charge is 0.365 e. The summed E-state index contributed by atoms with van der Waals surface area (Å²) in [5, 5.41) is 6.49. The summed E-state index contributed by atoms with van der Waals surface area (Å²) in [4.78, 5) is 25.9. The van der Waals surface area contributed by atoms with Crippen molar-refractivity contribution in [2.75, 3.05) is 5.32 Å². The van der Waals surface area contributed by atoms with Crippen LogP contribution in [-0.2, 0) is 9.53 Å². The average molecular weight is 345 g/mol. The van der Waals surface area contributed by atoms with E-state index in [1.165, 1.54) is 6.42 Å². The predicted octanol–water partition coefficient (Wildman–Crippen LogP) is 2.95. The van der Waals surface area contributed by atoms with E-state index < -0.39 is 11.9 Å². The average Bonchev–Trinajstić information content (AvgIpc) is 3.01. The van der Waals surface area contributed by atoms with Gasteiger partial charge in [0.2, 0.25) is 0 Å². The number of carbonyl (C=O) groups excluding carboxylic acids is 1. The van der Waals surface area contributed by atoms with Crippen LogP contribution < -0.4 is 11.1 Å². The monoisotopic (exact) mass is 345 g/mol. The number of anilines is 1. The lowest BCUT2D eigenvalue weighted by atomic mass is 9.88. The molecule has 3 atom stereocenters. The Morgan fingerprint density at radius 2 is 2.28 bits per heavy atom. The van der Waals surface area contributed by atoms with E-state index in [1.807, 2.05) is 0 Å². The van der Waals surface area contributed by atoms with Crippen molar-refractivity contribution in [1.82, 2.24) is 10.1 Å². The normalized spacial score (nSPS) is 21.7. The number of amides is 1. The molecule has 0 unspecified atom stereocenters. The van der Waals surface area contributed by atoms with Gasteiger partial charge in [0.1, 0.15) is 6.10 Å². The molecule has 1 aromatic carbocycles. The van der Waals surface area contributed by atoms with Crippen LogP contribution in [0.2, 0.25) is 0 Å². The predicted molar refractivity (Wildman–Crippen MR) is 93.2 cm³/mol. The van der Waals surface area contributed by atoms with E-state index in [0.29, 0.717) is 23.0 Å². The Bertz CT molecular complexity index is 782. The van der Waals surface area contributed by atoms with Gasteiger partial charge in [-0.1, -0.05) is 37.1 Å². The fourth-order valence-corrected chi connectivity index (χ4v) is 3.19. The van der Waals surface area contributed by atoms with Gasteiger partial charge in [0, 0.05) is 11.3 Å². The molecule has 2 aromatic rings. The number of ether oxygens (including phenoxy) is 1. The van der Waals surface area contributed by atoms with Crippen molar-refractivity contribution in [3.05, 3.63) is 34.8 Å². The summed E-state index contributed by atoms with van der Waals surface area (Å²) in [6.45, 7) is 3.99. The molecule has 0 spiro atoms. The molecule has 25 heavy (non-hydrogen) atoms. The number of hydrogen-bond donors (Lipinski definition) is 2. The van der Waals surface area contributed by atoms with Crippen molar-refractivity contribution in [1.29, 1.82) is 0 Å². The molecule has 7 nitrogen and oxygen atoms in total. The molecule has 3 rings (SSSR count). The number of H-pyrrole nitrogens is 1. The highest BCUT2D eigenvalue weighted by molar-refractivity contribution is 5.94. The van der Waals surface area contributed by atoms with Gasteiger partial charge >= 0.3 is 5.76 Å². The van der Waals surface area contributed by atoms with Gasteiger partial charge in [0.15, 0.2) is 5.82 Å². The SMILES string of the molecule is C[C@@H]1CCC[C@H](O[C@H](C)C(=O)Nc2cccc(-c3noc(=O)[nH]3)c2)C1. The second-order valence-electron chi connectivity index (χ2n) is 6.69. The molecule has 1 saturated carbocycles. The van der Waals surface area contributed by atoms with Crippen LogP contribution in [-0.4, -0.2) is 28.3 Å². The van der Waals surface area contributed by atoms with Gasteiger partial charge in [-0.05, 0) is 37.8 Å². The van der Waals surface area contributed by atoms with Gasteiger partial charge in [-0.15, -0.1) is 0 Å². The Morgan fingerprint density at radius 3 is 3.00 bits per heavy atom. The fourth-order valence-electron chi connectivity index (χ4n) is 3.19. The van der Waals surface area contributed by atoms with E-state index in [2.05, 4.69) is 26.9 Å². The maximum absolute atomic E-state index is 12.4. The first-order valence-corrected chi connectivity index (χ1v) is 8.64. The molecule has 1 fully saturated rings. The fraction of sp³-hybridized carbons (Fsp3) is 0.500. The van der Waals surface area contributed by atoms with Gasteiger partial charge < -0.3 is 10.1 Å². The lowest BCUT2D eigenvalue weighted by Crippen LogP contribution is -2.33. The van der Waals surface area contributed by atoms with Crippen LogP contribution in [0.1, 0.15) is 39.5 Å². The molecule has 1 aliphatic rings. The zero-order valence-corrected chi connectivity index (χ0v) is 14.5. The second-order valence-corrected chi connectivity index (χ2v) is 6.69. The molecule has 0 bridgehead atoms. The maximum atomic E-state index is 12.4. The van der Waals surface area contributed by atoms with Crippen molar-refractivity contribution in [3.63, 3.8) is 0 Å². The van der Waals surface area contributed by atoms with Crippen LogP contribution in [0.15, 0.2) is 33.6 Å². The molecule has 0 saturated heterocycles. The highest BCUT2D eigenvalue weighted by atomic mass is 16.5. The summed E-state index contributed by atoms with van der Waals surface area (Å²) in [6.07, 6.45) is 4.03. The van der Waals surface area contributed by atoms with Crippen molar-refractivity contribution in [3.8, 4) is 11.4 Å². The minimum atomic E-state index is -0.617. The third-order valence-corrected chi connectivity index (χ3v) is 4.50. The minimum absolute atomic E-state index is 0.149. The molecular weight excluding hydrogens is 322 g/mol. The summed E-state index contributed by atoms with van der Waals surface area (Å²) in [7, 11) is 0. The minimum Gasteiger partial charge on any atom is -0.365 e. The van der Waals surface area contributed by atoms with Crippen molar-refractivity contribution < 1.29 is 14.1 Å². The van der Waals surface area contributed by atoms with Gasteiger partial charge in [-0.3, -0.25) is 14.3 Å². The first-order chi connectivity index (χ1) is 12.0. The molecule has 0 radical (unpaired) electrons. The number of nitrogens with one attached hydrogen (secondary N) is 2. The highest BCUT2D eigenvalue weighted by Crippen LogP contribution is 2.26. The summed E-state index contributed by atoms with van der Waals surface area (Å²) in [5.74, 6) is 0.161. The van der Waals surface area contributed by atoms with Gasteiger partial charge in [0.25, 0.3) is 5.91 Å². The van der Waals surface area contributed by atoms with Crippen LogP contribution in [0, 0.1) is 5.92 Å². The number of nitrogens with zero attached hydrogens (tertiary/aromatic N) is 1. The number of hydrogen-bond acceptors (Lipinski definition) is 5. The number of aromatic nitrogens is 2. The van der Waals surface area contributed by atoms with Crippen LogP contribution in [0.5, 0.6) is 0 Å². The van der Waals surface area contributed by atoms with E-state index in [-0.39, 0.29) is 12.0 Å². The maximum Gasteiger partial charge on any atom is 0.439 e. The van der Waals surface area contributed by atoms with Gasteiger partial charge in [-0.2, -0.15) is 0 Å². The van der Waals surface area contributed by atoms with Crippen LogP contribution in [0.4, 0.5) is 5.69 Å². The zero-order valence-electron chi connectivity index (χ0n) is 14.5. The van der Waals surface area contributed by atoms with E-state index in [9.17, 15) is 9.59 Å². The topological polar surface area (TPSA) is 97.2 Å². The molecule has 1 aromatic heterocycles. The summed E-state index contributed by atoms with van der Waals surface area (Å²) in [6, 6.07) is 7.04. The number of rotatable bonds is 5. The van der Waals surface area contributed by atoms with Crippen molar-refractivity contribution >= 4 is 11.6 Å². The Hall–Kier alpha value is -2.41. The van der Waals surface area contributed by atoms with Crippen molar-refractivity contribution in [2.24, 2.45) is 5.92 Å². The van der Waals surface area contributed by atoms with E-state index >= 15 is 0 Å². The molecule has 1 heterocycles. The number of benzene rings is 1. The molecule has 134 valence electrons. The van der Waals surface area contributed by atoms with Crippen LogP contribution in [0.3, 0.4) is 0 Å². The summed E-state index contributed by atoms with van der Waals surface area (Å²) >= 11 is 0. The summed E-state index contributed by atoms with van der Waals surface area (Å²) < 4.78 is 10.4. The Morgan fingerprint density at radius 1 is 1.44 bits per heavy atom. The molecule has 0 aliphatic heterocycles. The van der Waals surface area contributed by atoms with Gasteiger partial charge in [0.05, 0.1) is 6.10 Å². The Kier molecular flexibility index (Phi) is 5.33. The molecule has 1 aliphatic carbocycles. The molecule has 2 N–H and O–H groups in total. The molecular formula is C18H23N3O4. The van der Waals surface area contributed by atoms with Crippen molar-refractivity contribution in [2.45, 2.75) is 51.7 Å². The standard InChI is InChI=1S/C18H23N3O4/c1-11-5-3-8-15(9-11)24-12(2)17(22)19-14-7-4-6-13(10-14)16-20-18(23)25-21-16/h4,6-7,10-12,15H,3,5,8-9H2,1-2H3,(H,19,22)(H,20,21,23)/t11-,12-,15+/m1/s1. The third-order valence-electron chi connectivity index (χ3n) is 4.50. The lowest BCUT2D eigenvalue weighted by Gasteiger charge is -2.29. The lowest BCUT2D eigenvalue weighted by molar-refractivity contribution is -0.131. The summed E-state index contributed by atoms with van der Waals surface area (Å²) in [5.41, 5.74) is 1.26. The number of carbonyl (C=O) groups is 1. The number of aromatic amines is 1. The third kappa shape index (κ3) is 4.57.